The van der Waals surface area contributed by atoms with Gasteiger partial charge in [-0.05, 0) is 86.5 Å². The Morgan fingerprint density at radius 2 is 0.911 bits per heavy atom. The van der Waals surface area contributed by atoms with Crippen molar-refractivity contribution in [3.05, 3.63) is 12.2 Å². The van der Waals surface area contributed by atoms with Crippen molar-refractivity contribution in [2.75, 3.05) is 33.0 Å². The van der Waals surface area contributed by atoms with Crippen molar-refractivity contribution in [3.63, 3.8) is 0 Å². The van der Waals surface area contributed by atoms with Crippen LogP contribution in [0.15, 0.2) is 12.2 Å². The van der Waals surface area contributed by atoms with Crippen molar-refractivity contribution in [1.82, 2.24) is 0 Å². The van der Waals surface area contributed by atoms with Gasteiger partial charge in [0.2, 0.25) is 6.29 Å². The van der Waals surface area contributed by atoms with E-state index in [0.717, 1.165) is 0 Å². The van der Waals surface area contributed by atoms with Crippen LogP contribution in [0.1, 0.15) is 79.1 Å². The van der Waals surface area contributed by atoms with Crippen LogP contribution in [-0.2, 0) is 52.2 Å². The molecule has 0 radical (unpaired) electrons. The van der Waals surface area contributed by atoms with Crippen LogP contribution in [0.2, 0.25) is 0 Å². The lowest BCUT2D eigenvalue weighted by molar-refractivity contribution is -0.400. The predicted octanol–water partition coefficient (Wildman–Crippen LogP) is -6.65. The molecular weight excluding hydrogens is 1060 g/mol. The van der Waals surface area contributed by atoms with Crippen LogP contribution in [0.3, 0.4) is 0 Å². The Balaban J connectivity index is 0.00000822. The maximum absolute atomic E-state index is 14.9. The summed E-state index contributed by atoms with van der Waals surface area (Å²) in [5.41, 5.74) is -2.81. The molecule has 456 valence electrons. The van der Waals surface area contributed by atoms with Crippen LogP contribution in [-0.4, -0.2) is 285 Å². The Labute approximate surface area is 455 Å². The van der Waals surface area contributed by atoms with E-state index in [9.17, 15) is 91.6 Å². The number of aliphatic hydroxyl groups is 17. The van der Waals surface area contributed by atoms with Gasteiger partial charge in [-0.15, -0.1) is 0 Å². The molecule has 28 heteroatoms. The molecule has 28 nitrogen and oxygen atoms in total. The zero-order valence-electron chi connectivity index (χ0n) is 43.3. The molecule has 0 aromatic heterocycles. The van der Waals surface area contributed by atoms with Gasteiger partial charge in [-0.1, -0.05) is 27.4 Å². The van der Waals surface area contributed by atoms with Crippen LogP contribution < -0.4 is 0 Å². The SMILES string of the molecule is C.C=C1C[C@@]23CC[C@H]4[C@@](C)(CCC[C@@]4(C)C(=O)OC4OC(CO)C(O)C(O)C4OC4OC(CO)C(O)C(O)C4O)[C@@H]2CC[C@]1(OC1OC(CO)C(O)C(OC2OC(CO)C(O)C(O)C2O)C1OC1OC(CO)C(O)C(O)C1O)C3. The van der Waals surface area contributed by atoms with Crippen LogP contribution in [0.25, 0.3) is 0 Å². The topological polar surface area (TPSA) is 453 Å². The lowest BCUT2D eigenvalue weighted by atomic mass is 9.41. The molecule has 17 N–H and O–H groups in total. The van der Waals surface area contributed by atoms with Crippen molar-refractivity contribution in [3.8, 4) is 0 Å². The van der Waals surface area contributed by atoms with Gasteiger partial charge in [-0.25, -0.2) is 0 Å². The number of hydrogen-bond donors (Lipinski definition) is 17. The van der Waals surface area contributed by atoms with E-state index >= 15 is 0 Å². The minimum absolute atomic E-state index is 0. The van der Waals surface area contributed by atoms with Gasteiger partial charge in [0.25, 0.3) is 0 Å². The fraction of sp³-hybridized carbons (Fsp3) is 0.941. The third kappa shape index (κ3) is 10.9. The first-order chi connectivity index (χ1) is 36.9. The highest BCUT2D eigenvalue weighted by atomic mass is 16.8. The average Bonchev–Trinajstić information content (AvgIpc) is 3.75. The molecule has 4 saturated carbocycles. The number of fused-ring (bicyclic) bond motifs is 3. The zero-order chi connectivity index (χ0) is 56.7. The summed E-state index contributed by atoms with van der Waals surface area (Å²) < 4.78 is 60.3. The summed E-state index contributed by atoms with van der Waals surface area (Å²) in [4.78, 5) is 14.9. The molecule has 0 aromatic rings. The van der Waals surface area contributed by atoms with Crippen molar-refractivity contribution >= 4 is 5.97 Å². The van der Waals surface area contributed by atoms with Crippen LogP contribution in [0, 0.1) is 28.1 Å². The summed E-state index contributed by atoms with van der Waals surface area (Å²) in [7, 11) is 0. The van der Waals surface area contributed by atoms with E-state index in [2.05, 4.69) is 13.5 Å². The van der Waals surface area contributed by atoms with E-state index in [0.29, 0.717) is 63.4 Å². The fourth-order valence-corrected chi connectivity index (χ4v) is 15.0. The fourth-order valence-electron chi connectivity index (χ4n) is 15.0. The molecule has 5 heterocycles. The smallest absolute Gasteiger partial charge is 0.314 e. The lowest BCUT2D eigenvalue weighted by Gasteiger charge is -2.64. The van der Waals surface area contributed by atoms with Gasteiger partial charge >= 0.3 is 5.97 Å². The molecule has 31 atom stereocenters. The van der Waals surface area contributed by atoms with Gasteiger partial charge in [0.05, 0.1) is 44.1 Å². The Kier molecular flexibility index (Phi) is 19.4. The van der Waals surface area contributed by atoms with E-state index in [1.807, 2.05) is 0 Å². The third-order valence-electron chi connectivity index (χ3n) is 19.2. The minimum Gasteiger partial charge on any atom is -0.432 e. The molecule has 5 saturated heterocycles. The second-order valence-corrected chi connectivity index (χ2v) is 23.6. The van der Waals surface area contributed by atoms with Crippen molar-refractivity contribution in [2.24, 2.45) is 28.1 Å². The van der Waals surface area contributed by atoms with Gasteiger partial charge in [0.15, 0.2) is 31.3 Å². The summed E-state index contributed by atoms with van der Waals surface area (Å²) in [5, 5.41) is 181. The molecule has 1 spiro atoms. The van der Waals surface area contributed by atoms with Gasteiger partial charge in [0.1, 0.15) is 116 Å². The largest absolute Gasteiger partial charge is 0.432 e. The number of esters is 1. The van der Waals surface area contributed by atoms with Gasteiger partial charge in [0, 0.05) is 0 Å². The van der Waals surface area contributed by atoms with Crippen molar-refractivity contribution in [2.45, 2.75) is 238 Å². The second kappa shape index (κ2) is 24.3. The Bertz CT molecular complexity index is 2070. The molecule has 9 fully saturated rings. The number of ether oxygens (including phenoxy) is 10. The highest BCUT2D eigenvalue weighted by Gasteiger charge is 2.70. The van der Waals surface area contributed by atoms with Crippen LogP contribution in [0.5, 0.6) is 0 Å². The van der Waals surface area contributed by atoms with E-state index < -0.39 is 214 Å². The molecule has 9 rings (SSSR count). The Hall–Kier alpha value is -1.83. The molecule has 25 unspecified atom stereocenters. The normalized spacial score (nSPS) is 53.8. The highest BCUT2D eigenvalue weighted by Crippen LogP contribution is 2.74. The second-order valence-electron chi connectivity index (χ2n) is 23.6. The first-order valence-electron chi connectivity index (χ1n) is 26.9. The third-order valence-corrected chi connectivity index (χ3v) is 19.2. The van der Waals surface area contributed by atoms with E-state index in [-0.39, 0.29) is 19.3 Å². The quantitative estimate of drug-likeness (QED) is 0.0412. The predicted molar refractivity (Wildman–Crippen MR) is 258 cm³/mol. The monoisotopic (exact) mass is 1140 g/mol. The van der Waals surface area contributed by atoms with Gasteiger partial charge in [-0.2, -0.15) is 0 Å². The summed E-state index contributed by atoms with van der Waals surface area (Å²) in [6.45, 7) is 4.32. The average molecular weight is 1150 g/mol. The first-order valence-corrected chi connectivity index (χ1v) is 26.9. The summed E-state index contributed by atoms with van der Waals surface area (Å²) >= 11 is 0. The maximum atomic E-state index is 14.9. The molecule has 2 bridgehead atoms. The molecule has 0 amide bonds. The molecular formula is C51H84O28. The van der Waals surface area contributed by atoms with E-state index in [4.69, 9.17) is 47.4 Å². The highest BCUT2D eigenvalue weighted by molar-refractivity contribution is 5.77. The Morgan fingerprint density at radius 3 is 1.41 bits per heavy atom. The van der Waals surface area contributed by atoms with E-state index in [1.165, 1.54) is 0 Å². The van der Waals surface area contributed by atoms with Gasteiger partial charge in [-0.3, -0.25) is 4.79 Å². The maximum Gasteiger partial charge on any atom is 0.314 e. The van der Waals surface area contributed by atoms with E-state index in [1.54, 1.807) is 6.92 Å². The van der Waals surface area contributed by atoms with Gasteiger partial charge < -0.3 is 134 Å². The Morgan fingerprint density at radius 1 is 0.494 bits per heavy atom. The van der Waals surface area contributed by atoms with Crippen molar-refractivity contribution < 1.29 is 139 Å². The standard InChI is InChI=1S/C50H80O28.CH4/c1-18-11-49-9-5-24-47(2,7-4-8-48(24,3)46(68)77-44-39(34(64)29(59)22(15-54)72-44)75-42-36(66)32(62)27(57)20(13-52)70-42)25(49)6-10-50(18,17-49)78-45-40(76-43-37(67)33(63)28(58)21(14-53)71-43)38(30(60)23(16-55)73-45)74-41-35(65)31(61)26(56)19(12-51)69-41;/h19-45,51-67H,1,4-17H2,2-3H3;1H4/t19?,20?,21?,22?,23?,24-,25-,26?,27?,28?,29?,30?,31?,32?,33?,34?,35?,36?,37?,38?,39?,40?,41?,42?,43?,44?,45?,47+,48+,49+,50-;/m0./s1. The number of hydrogen-bond acceptors (Lipinski definition) is 28. The van der Waals surface area contributed by atoms with Crippen molar-refractivity contribution in [1.29, 1.82) is 0 Å². The zero-order valence-corrected chi connectivity index (χ0v) is 43.3. The lowest BCUT2D eigenvalue weighted by Crippen LogP contribution is -2.68. The molecule has 0 aromatic carbocycles. The number of carbonyl (C=O) groups is 1. The molecule has 5 aliphatic heterocycles. The number of aliphatic hydroxyl groups excluding tert-OH is 17. The number of rotatable bonds is 15. The molecule has 79 heavy (non-hydrogen) atoms. The van der Waals surface area contributed by atoms with Crippen LogP contribution in [0.4, 0.5) is 0 Å². The van der Waals surface area contributed by atoms with Crippen LogP contribution >= 0.6 is 0 Å². The summed E-state index contributed by atoms with van der Waals surface area (Å²) in [6.07, 6.45) is -39.9. The first kappa shape index (κ1) is 63.2. The number of carbonyl (C=O) groups excluding carboxylic acids is 1. The molecule has 4 aliphatic carbocycles. The summed E-state index contributed by atoms with van der Waals surface area (Å²) in [5.74, 6) is -1.14. The molecule has 9 aliphatic rings. The minimum atomic E-state index is -1.99. The summed E-state index contributed by atoms with van der Waals surface area (Å²) in [6, 6.07) is 0.